The molecule has 0 aliphatic carbocycles. The molecule has 1 N–H and O–H groups in total. The molecule has 7 nitrogen and oxygen atoms in total. The van der Waals surface area contributed by atoms with Crippen molar-refractivity contribution >= 4 is 21.6 Å². The Labute approximate surface area is 178 Å². The van der Waals surface area contributed by atoms with Crippen LogP contribution in [0.15, 0.2) is 53.4 Å². The van der Waals surface area contributed by atoms with Gasteiger partial charge in [0.1, 0.15) is 0 Å². The molecule has 1 aliphatic heterocycles. The van der Waals surface area contributed by atoms with Crippen LogP contribution in [0.4, 0.5) is 5.69 Å². The average Bonchev–Trinajstić information content (AvgIpc) is 3.04. The van der Waals surface area contributed by atoms with E-state index >= 15 is 0 Å². The number of hydrogen-bond acceptors (Lipinski definition) is 5. The molecule has 162 valence electrons. The zero-order valence-corrected chi connectivity index (χ0v) is 18.2. The van der Waals surface area contributed by atoms with Crippen LogP contribution in [0.1, 0.15) is 32.6 Å². The highest BCUT2D eigenvalue weighted by Gasteiger charge is 2.25. The summed E-state index contributed by atoms with van der Waals surface area (Å²) in [6.07, 6.45) is 3.13. The molecule has 2 aromatic rings. The second-order valence-corrected chi connectivity index (χ2v) is 9.18. The molecule has 0 spiro atoms. The maximum absolute atomic E-state index is 12.9. The largest absolute Gasteiger partial charge is 0.493 e. The Kier molecular flexibility index (Phi) is 7.33. The lowest BCUT2D eigenvalue weighted by molar-refractivity contribution is -0.122. The first-order valence-electron chi connectivity index (χ1n) is 10.1. The number of hydrogen-bond donors (Lipinski definition) is 1. The molecule has 1 amide bonds. The normalized spacial score (nSPS) is 16.3. The van der Waals surface area contributed by atoms with E-state index in [0.717, 1.165) is 25.7 Å². The molecule has 30 heavy (non-hydrogen) atoms. The van der Waals surface area contributed by atoms with Gasteiger partial charge in [-0.15, -0.1) is 0 Å². The number of para-hydroxylation sites is 2. The van der Waals surface area contributed by atoms with Crippen LogP contribution in [-0.4, -0.2) is 44.9 Å². The number of ether oxygens (including phenoxy) is 2. The van der Waals surface area contributed by atoms with Gasteiger partial charge in [-0.05, 0) is 56.2 Å². The van der Waals surface area contributed by atoms with Gasteiger partial charge in [-0.2, -0.15) is 4.31 Å². The van der Waals surface area contributed by atoms with Crippen LogP contribution in [-0.2, 0) is 14.8 Å². The summed E-state index contributed by atoms with van der Waals surface area (Å²) in [4.78, 5) is 12.7. The minimum Gasteiger partial charge on any atom is -0.493 e. The number of amides is 1. The summed E-state index contributed by atoms with van der Waals surface area (Å²) < 4.78 is 38.2. The van der Waals surface area contributed by atoms with Crippen LogP contribution in [0, 0.1) is 0 Å². The lowest BCUT2D eigenvalue weighted by Gasteiger charge is -2.20. The SMILES string of the molecule is COc1ccccc1O[C@@H](C)C(=O)Nc1ccc(S(=O)(=O)N2CCCCCC2)cc1. The Morgan fingerprint density at radius 2 is 1.57 bits per heavy atom. The highest BCUT2D eigenvalue weighted by atomic mass is 32.2. The Bertz CT molecular complexity index is 952. The third kappa shape index (κ3) is 5.31. The van der Waals surface area contributed by atoms with E-state index in [2.05, 4.69) is 5.32 Å². The molecule has 0 unspecified atom stereocenters. The van der Waals surface area contributed by atoms with Crippen molar-refractivity contribution in [2.45, 2.75) is 43.6 Å². The van der Waals surface area contributed by atoms with Gasteiger partial charge in [0.15, 0.2) is 17.6 Å². The van der Waals surface area contributed by atoms with Gasteiger partial charge < -0.3 is 14.8 Å². The molecule has 1 heterocycles. The molecule has 0 bridgehead atoms. The van der Waals surface area contributed by atoms with Crippen molar-refractivity contribution in [1.29, 1.82) is 0 Å². The third-order valence-electron chi connectivity index (χ3n) is 5.07. The summed E-state index contributed by atoms with van der Waals surface area (Å²) in [6.45, 7) is 2.75. The number of nitrogens with one attached hydrogen (secondary N) is 1. The monoisotopic (exact) mass is 432 g/mol. The highest BCUT2D eigenvalue weighted by Crippen LogP contribution is 2.27. The molecule has 1 fully saturated rings. The van der Waals surface area contributed by atoms with E-state index in [1.807, 2.05) is 6.07 Å². The number of carbonyl (C=O) groups is 1. The van der Waals surface area contributed by atoms with Crippen molar-refractivity contribution in [2.24, 2.45) is 0 Å². The van der Waals surface area contributed by atoms with Gasteiger partial charge in [0.05, 0.1) is 12.0 Å². The van der Waals surface area contributed by atoms with E-state index < -0.39 is 16.1 Å². The standard InChI is InChI=1S/C22H28N2O5S/c1-17(29-21-10-6-5-9-20(21)28-2)22(25)23-18-11-13-19(14-12-18)30(26,27)24-15-7-3-4-8-16-24/h5-6,9-14,17H,3-4,7-8,15-16H2,1-2H3,(H,23,25)/t17-/m0/s1. The molecule has 1 atom stereocenters. The summed E-state index contributed by atoms with van der Waals surface area (Å²) in [7, 11) is -1.98. The number of carbonyl (C=O) groups excluding carboxylic acids is 1. The fourth-order valence-electron chi connectivity index (χ4n) is 3.35. The average molecular weight is 433 g/mol. The van der Waals surface area contributed by atoms with Gasteiger partial charge in [-0.25, -0.2) is 8.42 Å². The quantitative estimate of drug-likeness (QED) is 0.722. The number of rotatable bonds is 7. The second-order valence-electron chi connectivity index (χ2n) is 7.24. The zero-order chi connectivity index (χ0) is 21.6. The maximum atomic E-state index is 12.9. The third-order valence-corrected chi connectivity index (χ3v) is 6.98. The number of sulfonamides is 1. The van der Waals surface area contributed by atoms with Crippen LogP contribution in [0.5, 0.6) is 11.5 Å². The van der Waals surface area contributed by atoms with Crippen LogP contribution in [0.25, 0.3) is 0 Å². The maximum Gasteiger partial charge on any atom is 0.265 e. The summed E-state index contributed by atoms with van der Waals surface area (Å²) >= 11 is 0. The summed E-state index contributed by atoms with van der Waals surface area (Å²) in [6, 6.07) is 13.3. The zero-order valence-electron chi connectivity index (χ0n) is 17.3. The molecule has 2 aromatic carbocycles. The summed E-state index contributed by atoms with van der Waals surface area (Å²) in [5.74, 6) is 0.672. The predicted octanol–water partition coefficient (Wildman–Crippen LogP) is 3.67. The van der Waals surface area contributed by atoms with Gasteiger partial charge in [0, 0.05) is 18.8 Å². The summed E-state index contributed by atoms with van der Waals surface area (Å²) in [5.41, 5.74) is 0.505. The Hall–Kier alpha value is -2.58. The molecular formula is C22H28N2O5S. The lowest BCUT2D eigenvalue weighted by Crippen LogP contribution is -2.32. The van der Waals surface area contributed by atoms with Gasteiger partial charge in [-0.1, -0.05) is 25.0 Å². The Morgan fingerprint density at radius 3 is 2.17 bits per heavy atom. The van der Waals surface area contributed by atoms with E-state index in [1.165, 1.54) is 19.2 Å². The topological polar surface area (TPSA) is 84.9 Å². The molecule has 0 saturated carbocycles. The first kappa shape index (κ1) is 22.1. The van der Waals surface area contributed by atoms with Crippen LogP contribution in [0.2, 0.25) is 0 Å². The molecule has 8 heteroatoms. The van der Waals surface area contributed by atoms with Gasteiger partial charge in [-0.3, -0.25) is 4.79 Å². The first-order valence-corrected chi connectivity index (χ1v) is 11.6. The number of nitrogens with zero attached hydrogens (tertiary/aromatic N) is 1. The van der Waals surface area contributed by atoms with Crippen molar-refractivity contribution in [3.63, 3.8) is 0 Å². The van der Waals surface area contributed by atoms with E-state index in [1.54, 1.807) is 41.6 Å². The molecule has 0 aromatic heterocycles. The van der Waals surface area contributed by atoms with Crippen molar-refractivity contribution in [1.82, 2.24) is 4.31 Å². The Morgan fingerprint density at radius 1 is 0.967 bits per heavy atom. The first-order chi connectivity index (χ1) is 14.4. The lowest BCUT2D eigenvalue weighted by atomic mass is 10.2. The molecule has 0 radical (unpaired) electrons. The molecule has 3 rings (SSSR count). The van der Waals surface area contributed by atoms with Crippen LogP contribution in [0.3, 0.4) is 0 Å². The second kappa shape index (κ2) is 9.95. The van der Waals surface area contributed by atoms with Crippen molar-refractivity contribution in [3.05, 3.63) is 48.5 Å². The van der Waals surface area contributed by atoms with Crippen molar-refractivity contribution in [3.8, 4) is 11.5 Å². The molecular weight excluding hydrogens is 404 g/mol. The highest BCUT2D eigenvalue weighted by molar-refractivity contribution is 7.89. The fourth-order valence-corrected chi connectivity index (χ4v) is 4.86. The fraction of sp³-hybridized carbons (Fsp3) is 0.409. The van der Waals surface area contributed by atoms with E-state index in [0.29, 0.717) is 30.3 Å². The Balaban J connectivity index is 1.64. The van der Waals surface area contributed by atoms with E-state index in [-0.39, 0.29) is 10.8 Å². The van der Waals surface area contributed by atoms with Gasteiger partial charge in [0.2, 0.25) is 10.0 Å². The minimum absolute atomic E-state index is 0.237. The van der Waals surface area contributed by atoms with Crippen LogP contribution >= 0.6 is 0 Å². The van der Waals surface area contributed by atoms with Crippen LogP contribution < -0.4 is 14.8 Å². The van der Waals surface area contributed by atoms with Gasteiger partial charge in [0.25, 0.3) is 5.91 Å². The molecule has 1 saturated heterocycles. The van der Waals surface area contributed by atoms with Gasteiger partial charge >= 0.3 is 0 Å². The smallest absolute Gasteiger partial charge is 0.265 e. The number of benzene rings is 2. The number of anilines is 1. The van der Waals surface area contributed by atoms with E-state index in [9.17, 15) is 13.2 Å². The van der Waals surface area contributed by atoms with E-state index in [4.69, 9.17) is 9.47 Å². The predicted molar refractivity (Wildman–Crippen MR) is 115 cm³/mol. The van der Waals surface area contributed by atoms with Crippen molar-refractivity contribution in [2.75, 3.05) is 25.5 Å². The minimum atomic E-state index is -3.51. The summed E-state index contributed by atoms with van der Waals surface area (Å²) in [5, 5.41) is 2.75. The number of methoxy groups -OCH3 is 1. The molecule has 1 aliphatic rings. The van der Waals surface area contributed by atoms with Crippen molar-refractivity contribution < 1.29 is 22.7 Å².